The number of nitrogens with zero attached hydrogens (tertiary/aromatic N) is 1. The van der Waals surface area contributed by atoms with Gasteiger partial charge in [-0.25, -0.2) is 9.59 Å². The number of benzene rings is 1. The summed E-state index contributed by atoms with van der Waals surface area (Å²) in [6, 6.07) is 4.72. The van der Waals surface area contributed by atoms with Gasteiger partial charge >= 0.3 is 12.0 Å². The van der Waals surface area contributed by atoms with Gasteiger partial charge in [-0.3, -0.25) is 0 Å². The predicted octanol–water partition coefficient (Wildman–Crippen LogP) is 1.95. The van der Waals surface area contributed by atoms with Gasteiger partial charge < -0.3 is 20.1 Å². The zero-order valence-electron chi connectivity index (χ0n) is 11.5. The van der Waals surface area contributed by atoms with Crippen LogP contribution in [0.25, 0.3) is 0 Å². The lowest BCUT2D eigenvalue weighted by molar-refractivity contribution is 0.0697. The quantitative estimate of drug-likeness (QED) is 0.885. The first kappa shape index (κ1) is 14.3. The summed E-state index contributed by atoms with van der Waals surface area (Å²) in [6.07, 6.45) is 0.795. The van der Waals surface area contributed by atoms with Crippen LogP contribution in [0, 0.1) is 6.92 Å². The molecular formula is C14H18N2O4. The third kappa shape index (κ3) is 2.91. The second-order valence-corrected chi connectivity index (χ2v) is 4.86. The van der Waals surface area contributed by atoms with E-state index < -0.39 is 5.97 Å². The van der Waals surface area contributed by atoms with Gasteiger partial charge in [0.1, 0.15) is 0 Å². The molecule has 2 amide bonds. The van der Waals surface area contributed by atoms with Gasteiger partial charge in [-0.15, -0.1) is 0 Å². The molecule has 0 spiro atoms. The highest BCUT2D eigenvalue weighted by Gasteiger charge is 2.25. The molecule has 2 rings (SSSR count). The second kappa shape index (κ2) is 5.92. The zero-order valence-corrected chi connectivity index (χ0v) is 11.5. The zero-order chi connectivity index (χ0) is 14.7. The third-order valence-electron chi connectivity index (χ3n) is 3.50. The summed E-state index contributed by atoms with van der Waals surface area (Å²) < 4.78 is 5.24. The Kier molecular flexibility index (Phi) is 4.24. The number of carbonyl (C=O) groups excluding carboxylic acids is 1. The van der Waals surface area contributed by atoms with Gasteiger partial charge in [-0.2, -0.15) is 0 Å². The Morgan fingerprint density at radius 1 is 1.45 bits per heavy atom. The maximum absolute atomic E-state index is 12.2. The Morgan fingerprint density at radius 2 is 2.20 bits per heavy atom. The summed E-state index contributed by atoms with van der Waals surface area (Å²) in [7, 11) is 1.69. The van der Waals surface area contributed by atoms with Crippen LogP contribution in [-0.4, -0.2) is 48.3 Å². The molecule has 0 aromatic heterocycles. The fourth-order valence-electron chi connectivity index (χ4n) is 2.25. The largest absolute Gasteiger partial charge is 0.478 e. The maximum Gasteiger partial charge on any atom is 0.338 e. The first-order valence-electron chi connectivity index (χ1n) is 6.45. The van der Waals surface area contributed by atoms with E-state index in [9.17, 15) is 14.7 Å². The average molecular weight is 278 g/mol. The number of carboxylic acids is 1. The monoisotopic (exact) mass is 278 g/mol. The predicted molar refractivity (Wildman–Crippen MR) is 74.1 cm³/mol. The van der Waals surface area contributed by atoms with Crippen molar-refractivity contribution >= 4 is 17.7 Å². The molecule has 0 saturated carbocycles. The SMILES string of the molecule is Cc1cccc(NC(=O)N(C)C2CCOC2)c1C(=O)O. The summed E-state index contributed by atoms with van der Waals surface area (Å²) >= 11 is 0. The molecule has 1 fully saturated rings. The number of hydrogen-bond acceptors (Lipinski definition) is 3. The number of rotatable bonds is 3. The molecule has 0 radical (unpaired) electrons. The highest BCUT2D eigenvalue weighted by atomic mass is 16.5. The van der Waals surface area contributed by atoms with Gasteiger partial charge in [0.2, 0.25) is 0 Å². The number of carbonyl (C=O) groups is 2. The Bertz CT molecular complexity index is 524. The van der Waals surface area contributed by atoms with Gasteiger partial charge in [-0.1, -0.05) is 12.1 Å². The second-order valence-electron chi connectivity index (χ2n) is 4.86. The van der Waals surface area contributed by atoms with E-state index >= 15 is 0 Å². The Hall–Kier alpha value is -2.08. The molecule has 1 aliphatic rings. The molecular weight excluding hydrogens is 260 g/mol. The first-order chi connectivity index (χ1) is 9.50. The van der Waals surface area contributed by atoms with E-state index in [0.717, 1.165) is 6.42 Å². The van der Waals surface area contributed by atoms with Crippen LogP contribution in [0.1, 0.15) is 22.3 Å². The van der Waals surface area contributed by atoms with Gasteiger partial charge in [0, 0.05) is 13.7 Å². The molecule has 0 aliphatic carbocycles. The topological polar surface area (TPSA) is 78.9 Å². The molecule has 20 heavy (non-hydrogen) atoms. The van der Waals surface area contributed by atoms with Crippen molar-refractivity contribution in [3.63, 3.8) is 0 Å². The average Bonchev–Trinajstić information content (AvgIpc) is 2.91. The van der Waals surface area contributed by atoms with Gasteiger partial charge in [0.15, 0.2) is 0 Å². The minimum Gasteiger partial charge on any atom is -0.478 e. The Labute approximate surface area is 117 Å². The number of likely N-dealkylation sites (N-methyl/N-ethyl adjacent to an activating group) is 1. The number of hydrogen-bond donors (Lipinski definition) is 2. The van der Waals surface area contributed by atoms with Crippen LogP contribution in [0.2, 0.25) is 0 Å². The number of urea groups is 1. The van der Waals surface area contributed by atoms with E-state index in [0.29, 0.717) is 24.5 Å². The van der Waals surface area contributed by atoms with Crippen molar-refractivity contribution in [2.75, 3.05) is 25.6 Å². The number of ether oxygens (including phenoxy) is 1. The van der Waals surface area contributed by atoms with Crippen molar-refractivity contribution in [3.05, 3.63) is 29.3 Å². The van der Waals surface area contributed by atoms with Crippen molar-refractivity contribution in [1.29, 1.82) is 0 Å². The molecule has 1 atom stereocenters. The van der Waals surface area contributed by atoms with E-state index in [-0.39, 0.29) is 17.6 Å². The van der Waals surface area contributed by atoms with E-state index in [1.165, 1.54) is 0 Å². The normalized spacial score (nSPS) is 17.8. The number of aryl methyl sites for hydroxylation is 1. The fourth-order valence-corrected chi connectivity index (χ4v) is 2.25. The minimum absolute atomic E-state index is 0.0353. The smallest absolute Gasteiger partial charge is 0.338 e. The van der Waals surface area contributed by atoms with Gasteiger partial charge in [0.05, 0.1) is 23.9 Å². The molecule has 108 valence electrons. The first-order valence-corrected chi connectivity index (χ1v) is 6.45. The molecule has 1 aliphatic heterocycles. The van der Waals surface area contributed by atoms with Crippen molar-refractivity contribution < 1.29 is 19.4 Å². The number of nitrogens with one attached hydrogen (secondary N) is 1. The van der Waals surface area contributed by atoms with Crippen LogP contribution < -0.4 is 5.32 Å². The van der Waals surface area contributed by atoms with Crippen LogP contribution in [0.4, 0.5) is 10.5 Å². The molecule has 1 unspecified atom stereocenters. The lowest BCUT2D eigenvalue weighted by Gasteiger charge is -2.24. The van der Waals surface area contributed by atoms with Crippen LogP contribution >= 0.6 is 0 Å². The van der Waals surface area contributed by atoms with Crippen LogP contribution in [-0.2, 0) is 4.74 Å². The molecule has 1 heterocycles. The molecule has 2 N–H and O–H groups in total. The van der Waals surface area contributed by atoms with E-state index in [4.69, 9.17) is 4.74 Å². The van der Waals surface area contributed by atoms with E-state index in [1.807, 2.05) is 0 Å². The summed E-state index contributed by atoms with van der Waals surface area (Å²) in [5.74, 6) is -1.05. The number of anilines is 1. The van der Waals surface area contributed by atoms with E-state index in [2.05, 4.69) is 5.32 Å². The summed E-state index contributed by atoms with van der Waals surface area (Å²) in [6.45, 7) is 2.87. The molecule has 6 nitrogen and oxygen atoms in total. The van der Waals surface area contributed by atoms with Crippen molar-refractivity contribution in [3.8, 4) is 0 Å². The van der Waals surface area contributed by atoms with Crippen molar-refractivity contribution in [1.82, 2.24) is 4.90 Å². The molecule has 1 aromatic rings. The van der Waals surface area contributed by atoms with Gasteiger partial charge in [-0.05, 0) is 25.0 Å². The Morgan fingerprint density at radius 3 is 2.80 bits per heavy atom. The van der Waals surface area contributed by atoms with Crippen LogP contribution in [0.5, 0.6) is 0 Å². The van der Waals surface area contributed by atoms with Crippen molar-refractivity contribution in [2.24, 2.45) is 0 Å². The minimum atomic E-state index is -1.05. The molecule has 0 bridgehead atoms. The standard InChI is InChI=1S/C14H18N2O4/c1-9-4-3-5-11(12(9)13(17)18)15-14(19)16(2)10-6-7-20-8-10/h3-5,10H,6-8H2,1-2H3,(H,15,19)(H,17,18). The highest BCUT2D eigenvalue weighted by Crippen LogP contribution is 2.20. The summed E-state index contributed by atoms with van der Waals surface area (Å²) in [5.41, 5.74) is 1.05. The molecule has 1 aromatic carbocycles. The molecule has 6 heteroatoms. The third-order valence-corrected chi connectivity index (χ3v) is 3.50. The lowest BCUT2D eigenvalue weighted by atomic mass is 10.1. The lowest BCUT2D eigenvalue weighted by Crippen LogP contribution is -2.40. The number of carboxylic acid groups (broad SMARTS) is 1. The van der Waals surface area contributed by atoms with Gasteiger partial charge in [0.25, 0.3) is 0 Å². The summed E-state index contributed by atoms with van der Waals surface area (Å²) in [4.78, 5) is 25.0. The van der Waals surface area contributed by atoms with E-state index in [1.54, 1.807) is 37.1 Å². The summed E-state index contributed by atoms with van der Waals surface area (Å²) in [5, 5.41) is 11.9. The Balaban J connectivity index is 2.15. The number of amides is 2. The molecule has 1 saturated heterocycles. The number of aromatic carboxylic acids is 1. The highest BCUT2D eigenvalue weighted by molar-refractivity contribution is 6.01. The maximum atomic E-state index is 12.2. The van der Waals surface area contributed by atoms with Crippen LogP contribution in [0.3, 0.4) is 0 Å². The van der Waals surface area contributed by atoms with Crippen LogP contribution in [0.15, 0.2) is 18.2 Å². The van der Waals surface area contributed by atoms with Crippen molar-refractivity contribution in [2.45, 2.75) is 19.4 Å². The fraction of sp³-hybridized carbons (Fsp3) is 0.429.